The van der Waals surface area contributed by atoms with Crippen LogP contribution in [0.3, 0.4) is 0 Å². The predicted molar refractivity (Wildman–Crippen MR) is 73.4 cm³/mol. The molecule has 0 aliphatic heterocycles. The highest BCUT2D eigenvalue weighted by atomic mass is 79.9. The third-order valence-electron chi connectivity index (χ3n) is 1.93. The highest BCUT2D eigenvalue weighted by molar-refractivity contribution is 9.09. The van der Waals surface area contributed by atoms with E-state index in [9.17, 15) is 4.79 Å². The van der Waals surface area contributed by atoms with Crippen molar-refractivity contribution in [3.8, 4) is 0 Å². The summed E-state index contributed by atoms with van der Waals surface area (Å²) in [4.78, 5) is 11.7. The van der Waals surface area contributed by atoms with Crippen molar-refractivity contribution in [2.24, 2.45) is 0 Å². The minimum absolute atomic E-state index is 0.250. The topological polar surface area (TPSA) is 38.3 Å². The maximum absolute atomic E-state index is 11.7. The summed E-state index contributed by atoms with van der Waals surface area (Å²) < 4.78 is 5.20. The SMILES string of the molecule is O=C(NCCOCCBr)c1cc(Cl)ccc1Cl. The molecule has 3 nitrogen and oxygen atoms in total. The molecule has 0 aromatic heterocycles. The summed E-state index contributed by atoms with van der Waals surface area (Å²) in [6.45, 7) is 1.53. The van der Waals surface area contributed by atoms with Gasteiger partial charge >= 0.3 is 0 Å². The second-order valence-electron chi connectivity index (χ2n) is 3.18. The van der Waals surface area contributed by atoms with Gasteiger partial charge in [-0.2, -0.15) is 0 Å². The van der Waals surface area contributed by atoms with Crippen molar-refractivity contribution in [1.29, 1.82) is 0 Å². The van der Waals surface area contributed by atoms with E-state index in [4.69, 9.17) is 27.9 Å². The molecule has 1 amide bonds. The third-order valence-corrected chi connectivity index (χ3v) is 2.81. The first kappa shape index (κ1) is 14.8. The normalized spacial score (nSPS) is 10.3. The van der Waals surface area contributed by atoms with Crippen molar-refractivity contribution in [3.05, 3.63) is 33.8 Å². The Morgan fingerprint density at radius 1 is 1.35 bits per heavy atom. The number of hydrogen-bond donors (Lipinski definition) is 1. The number of nitrogens with one attached hydrogen (secondary N) is 1. The molecular formula is C11H12BrCl2NO2. The molecule has 17 heavy (non-hydrogen) atoms. The van der Waals surface area contributed by atoms with E-state index >= 15 is 0 Å². The lowest BCUT2D eigenvalue weighted by atomic mass is 10.2. The predicted octanol–water partition coefficient (Wildman–Crippen LogP) is 3.13. The molecule has 0 aliphatic rings. The van der Waals surface area contributed by atoms with E-state index in [1.54, 1.807) is 18.2 Å². The summed E-state index contributed by atoms with van der Waals surface area (Å²) in [6.07, 6.45) is 0. The maximum atomic E-state index is 11.7. The molecule has 0 saturated carbocycles. The molecule has 0 unspecified atom stereocenters. The minimum atomic E-state index is -0.250. The van der Waals surface area contributed by atoms with Gasteiger partial charge in [0.05, 0.1) is 23.8 Å². The number of alkyl halides is 1. The molecule has 6 heteroatoms. The van der Waals surface area contributed by atoms with Gasteiger partial charge in [-0.25, -0.2) is 0 Å². The van der Waals surface area contributed by atoms with E-state index < -0.39 is 0 Å². The Kier molecular flexibility index (Phi) is 6.89. The van der Waals surface area contributed by atoms with E-state index in [-0.39, 0.29) is 5.91 Å². The Balaban J connectivity index is 2.44. The summed E-state index contributed by atoms with van der Waals surface area (Å²) in [5.41, 5.74) is 0.375. The van der Waals surface area contributed by atoms with Crippen LogP contribution in [0.2, 0.25) is 10.0 Å². The van der Waals surface area contributed by atoms with Gasteiger partial charge in [0, 0.05) is 16.9 Å². The third kappa shape index (κ3) is 5.25. The molecule has 0 fully saturated rings. The summed E-state index contributed by atoms with van der Waals surface area (Å²) in [7, 11) is 0. The molecule has 0 atom stereocenters. The van der Waals surface area contributed by atoms with E-state index in [1.807, 2.05) is 0 Å². The minimum Gasteiger partial charge on any atom is -0.379 e. The van der Waals surface area contributed by atoms with Crippen molar-refractivity contribution in [1.82, 2.24) is 5.32 Å². The van der Waals surface area contributed by atoms with Gasteiger partial charge in [-0.3, -0.25) is 4.79 Å². The van der Waals surface area contributed by atoms with Crippen LogP contribution in [0.15, 0.2) is 18.2 Å². The molecular weight excluding hydrogens is 329 g/mol. The molecule has 0 radical (unpaired) electrons. The summed E-state index contributed by atoms with van der Waals surface area (Å²) in [6, 6.07) is 4.78. The highest BCUT2D eigenvalue weighted by Gasteiger charge is 2.09. The highest BCUT2D eigenvalue weighted by Crippen LogP contribution is 2.20. The molecule has 0 saturated heterocycles. The number of halogens is 3. The van der Waals surface area contributed by atoms with Gasteiger partial charge < -0.3 is 10.1 Å². The fraction of sp³-hybridized carbons (Fsp3) is 0.364. The average molecular weight is 341 g/mol. The van der Waals surface area contributed by atoms with Gasteiger partial charge in [0.25, 0.3) is 5.91 Å². The molecule has 1 aromatic carbocycles. The van der Waals surface area contributed by atoms with Gasteiger partial charge in [-0.15, -0.1) is 0 Å². The summed E-state index contributed by atoms with van der Waals surface area (Å²) in [5.74, 6) is -0.250. The van der Waals surface area contributed by atoms with E-state index in [0.717, 1.165) is 5.33 Å². The van der Waals surface area contributed by atoms with Crippen LogP contribution < -0.4 is 5.32 Å². The van der Waals surface area contributed by atoms with Gasteiger partial charge in [0.2, 0.25) is 0 Å². The average Bonchev–Trinajstić information content (AvgIpc) is 2.32. The van der Waals surface area contributed by atoms with E-state index in [1.165, 1.54) is 0 Å². The van der Waals surface area contributed by atoms with Crippen LogP contribution in [0.4, 0.5) is 0 Å². The zero-order valence-corrected chi connectivity index (χ0v) is 12.1. The Labute approximate surface area is 119 Å². The zero-order chi connectivity index (χ0) is 12.7. The number of amides is 1. The second-order valence-corrected chi connectivity index (χ2v) is 4.82. The van der Waals surface area contributed by atoms with Crippen LogP contribution in [-0.2, 0) is 4.74 Å². The second kappa shape index (κ2) is 7.93. The lowest BCUT2D eigenvalue weighted by Crippen LogP contribution is -2.27. The Bertz CT molecular complexity index is 388. The summed E-state index contributed by atoms with van der Waals surface area (Å²) >= 11 is 14.9. The van der Waals surface area contributed by atoms with Crippen LogP contribution in [0.1, 0.15) is 10.4 Å². The smallest absolute Gasteiger partial charge is 0.252 e. The van der Waals surface area contributed by atoms with Crippen molar-refractivity contribution >= 4 is 45.0 Å². The maximum Gasteiger partial charge on any atom is 0.252 e. The number of carbonyl (C=O) groups excluding carboxylic acids is 1. The monoisotopic (exact) mass is 339 g/mol. The molecule has 1 N–H and O–H groups in total. The van der Waals surface area contributed by atoms with E-state index in [0.29, 0.717) is 35.4 Å². The van der Waals surface area contributed by atoms with Gasteiger partial charge in [0.15, 0.2) is 0 Å². The Hall–Kier alpha value is -0.290. The molecule has 0 heterocycles. The Morgan fingerprint density at radius 3 is 2.82 bits per heavy atom. The number of rotatable bonds is 6. The molecule has 0 spiro atoms. The lowest BCUT2D eigenvalue weighted by molar-refractivity contribution is 0.0924. The fourth-order valence-corrected chi connectivity index (χ4v) is 1.76. The number of benzene rings is 1. The number of carbonyl (C=O) groups is 1. The first-order valence-electron chi connectivity index (χ1n) is 5.02. The molecule has 0 bridgehead atoms. The van der Waals surface area contributed by atoms with Crippen molar-refractivity contribution < 1.29 is 9.53 Å². The van der Waals surface area contributed by atoms with Crippen LogP contribution in [-0.4, -0.2) is 31.0 Å². The standard InChI is InChI=1S/C11H12BrCl2NO2/c12-3-5-17-6-4-15-11(16)9-7-8(13)1-2-10(9)14/h1-2,7H,3-6H2,(H,15,16). The molecule has 1 aromatic rings. The first-order valence-corrected chi connectivity index (χ1v) is 6.90. The van der Waals surface area contributed by atoms with Crippen LogP contribution in [0.5, 0.6) is 0 Å². The van der Waals surface area contributed by atoms with Crippen molar-refractivity contribution in [2.45, 2.75) is 0 Å². The fourth-order valence-electron chi connectivity index (χ4n) is 1.16. The number of ether oxygens (including phenoxy) is 1. The van der Waals surface area contributed by atoms with Gasteiger partial charge in [-0.1, -0.05) is 39.1 Å². The van der Waals surface area contributed by atoms with Crippen LogP contribution in [0, 0.1) is 0 Å². The quantitative estimate of drug-likeness (QED) is 0.638. The molecule has 1 rings (SSSR count). The first-order chi connectivity index (χ1) is 8.15. The van der Waals surface area contributed by atoms with Crippen molar-refractivity contribution in [2.75, 3.05) is 25.1 Å². The molecule has 94 valence electrons. The van der Waals surface area contributed by atoms with Crippen molar-refractivity contribution in [3.63, 3.8) is 0 Å². The largest absolute Gasteiger partial charge is 0.379 e. The summed E-state index contributed by atoms with van der Waals surface area (Å²) in [5, 5.41) is 4.35. The zero-order valence-electron chi connectivity index (χ0n) is 9.01. The lowest BCUT2D eigenvalue weighted by Gasteiger charge is -2.07. The van der Waals surface area contributed by atoms with Crippen LogP contribution in [0.25, 0.3) is 0 Å². The van der Waals surface area contributed by atoms with Gasteiger partial charge in [-0.05, 0) is 18.2 Å². The van der Waals surface area contributed by atoms with Crippen LogP contribution >= 0.6 is 39.1 Å². The van der Waals surface area contributed by atoms with Gasteiger partial charge in [0.1, 0.15) is 0 Å². The van der Waals surface area contributed by atoms with E-state index in [2.05, 4.69) is 21.2 Å². The number of hydrogen-bond acceptors (Lipinski definition) is 2. The Morgan fingerprint density at radius 2 is 2.12 bits per heavy atom. The molecule has 0 aliphatic carbocycles.